The Kier molecular flexibility index (Phi) is 1.89. The van der Waals surface area contributed by atoms with Gasteiger partial charge in [-0.2, -0.15) is 0 Å². The number of nitrogens with one attached hydrogen (secondary N) is 1. The second kappa shape index (κ2) is 2.87. The summed E-state index contributed by atoms with van der Waals surface area (Å²) in [4.78, 5) is 14.0. The minimum absolute atomic E-state index is 0.414. The van der Waals surface area contributed by atoms with E-state index >= 15 is 0 Å². The zero-order chi connectivity index (χ0) is 7.40. The van der Waals surface area contributed by atoms with Crippen LogP contribution in [0.2, 0.25) is 0 Å². The van der Waals surface area contributed by atoms with Gasteiger partial charge in [0.15, 0.2) is 6.29 Å². The van der Waals surface area contributed by atoms with Crippen molar-refractivity contribution in [2.45, 2.75) is 0 Å². The molecule has 0 bridgehead atoms. The van der Waals surface area contributed by atoms with Crippen LogP contribution >= 0.6 is 0 Å². The van der Waals surface area contributed by atoms with Gasteiger partial charge in [0.1, 0.15) is 0 Å². The van der Waals surface area contributed by atoms with E-state index in [4.69, 9.17) is 5.41 Å². The summed E-state index contributed by atoms with van der Waals surface area (Å²) in [5, 5.41) is 6.84. The summed E-state index contributed by atoms with van der Waals surface area (Å²) >= 11 is 0. The van der Waals surface area contributed by atoms with E-state index in [0.717, 1.165) is 6.21 Å². The fourth-order valence-electron chi connectivity index (χ4n) is 0.650. The molecule has 0 aliphatic rings. The Labute approximate surface area is 58.2 Å². The molecule has 50 valence electrons. The highest BCUT2D eigenvalue weighted by Crippen LogP contribution is 1.97. The molecule has 1 aromatic rings. The third-order valence-corrected chi connectivity index (χ3v) is 1.13. The Morgan fingerprint density at radius 2 is 2.40 bits per heavy atom. The van der Waals surface area contributed by atoms with Gasteiger partial charge in [-0.1, -0.05) is 0 Å². The Hall–Kier alpha value is -1.51. The number of aromatic nitrogens is 1. The molecule has 0 amide bonds. The molecule has 3 nitrogen and oxygen atoms in total. The highest BCUT2D eigenvalue weighted by molar-refractivity contribution is 5.88. The van der Waals surface area contributed by atoms with E-state index in [0.29, 0.717) is 17.5 Å². The quantitative estimate of drug-likeness (QED) is 0.482. The molecule has 0 unspecified atom stereocenters. The van der Waals surface area contributed by atoms with Gasteiger partial charge in [0, 0.05) is 18.0 Å². The predicted octanol–water partition coefficient (Wildman–Crippen LogP) is 0.892. The lowest BCUT2D eigenvalue weighted by Crippen LogP contribution is -1.92. The molecule has 0 spiro atoms. The van der Waals surface area contributed by atoms with Crippen molar-refractivity contribution in [2.24, 2.45) is 0 Å². The third kappa shape index (κ3) is 1.07. The van der Waals surface area contributed by atoms with Gasteiger partial charge in [-0.3, -0.25) is 9.78 Å². The van der Waals surface area contributed by atoms with Crippen LogP contribution < -0.4 is 0 Å². The number of hydrogen-bond donors (Lipinski definition) is 1. The molecule has 0 aliphatic heterocycles. The first-order valence-electron chi connectivity index (χ1n) is 2.79. The van der Waals surface area contributed by atoms with E-state index in [-0.39, 0.29) is 0 Å². The Balaban J connectivity index is 3.20. The summed E-state index contributed by atoms with van der Waals surface area (Å²) in [6.45, 7) is 0. The van der Waals surface area contributed by atoms with Crippen molar-refractivity contribution in [2.75, 3.05) is 0 Å². The highest BCUT2D eigenvalue weighted by Gasteiger charge is 1.95. The molecule has 0 aromatic carbocycles. The zero-order valence-electron chi connectivity index (χ0n) is 5.24. The molecular formula is C7H6N2O. The van der Waals surface area contributed by atoms with E-state index in [9.17, 15) is 4.79 Å². The number of pyridine rings is 1. The summed E-state index contributed by atoms with van der Waals surface area (Å²) in [6.07, 6.45) is 3.30. The molecule has 0 fully saturated rings. The van der Waals surface area contributed by atoms with Crippen LogP contribution in [0.25, 0.3) is 0 Å². The average molecular weight is 134 g/mol. The second-order valence-corrected chi connectivity index (χ2v) is 1.74. The Morgan fingerprint density at radius 3 is 2.90 bits per heavy atom. The largest absolute Gasteiger partial charge is 0.306 e. The highest BCUT2D eigenvalue weighted by atomic mass is 16.1. The predicted molar refractivity (Wildman–Crippen MR) is 37.5 cm³/mol. The minimum Gasteiger partial charge on any atom is -0.306 e. The van der Waals surface area contributed by atoms with Crippen LogP contribution in [0.4, 0.5) is 0 Å². The number of carbonyl (C=O) groups is 1. The summed E-state index contributed by atoms with van der Waals surface area (Å²) in [7, 11) is 0. The minimum atomic E-state index is 0.414. The third-order valence-electron chi connectivity index (χ3n) is 1.13. The van der Waals surface area contributed by atoms with Crippen LogP contribution in [0, 0.1) is 5.41 Å². The van der Waals surface area contributed by atoms with Gasteiger partial charge in [-0.25, -0.2) is 0 Å². The smallest absolute Gasteiger partial charge is 0.152 e. The first kappa shape index (κ1) is 6.61. The van der Waals surface area contributed by atoms with Crippen molar-refractivity contribution < 1.29 is 4.79 Å². The molecule has 1 rings (SSSR count). The maximum absolute atomic E-state index is 10.2. The van der Waals surface area contributed by atoms with Gasteiger partial charge in [0.2, 0.25) is 0 Å². The van der Waals surface area contributed by atoms with E-state index < -0.39 is 0 Å². The first-order valence-corrected chi connectivity index (χ1v) is 2.79. The number of carbonyl (C=O) groups excluding carboxylic acids is 1. The second-order valence-electron chi connectivity index (χ2n) is 1.74. The van der Waals surface area contributed by atoms with Crippen molar-refractivity contribution in [3.63, 3.8) is 0 Å². The van der Waals surface area contributed by atoms with Crippen LogP contribution in [0.5, 0.6) is 0 Å². The molecule has 1 N–H and O–H groups in total. The van der Waals surface area contributed by atoms with Gasteiger partial charge in [-0.15, -0.1) is 0 Å². The topological polar surface area (TPSA) is 53.8 Å². The average Bonchev–Trinajstić information content (AvgIpc) is 2.04. The van der Waals surface area contributed by atoms with Crippen molar-refractivity contribution in [3.8, 4) is 0 Å². The van der Waals surface area contributed by atoms with Gasteiger partial charge in [0.25, 0.3) is 0 Å². The summed E-state index contributed by atoms with van der Waals surface area (Å²) in [5.41, 5.74) is 0.870. The fraction of sp³-hybridized carbons (Fsp3) is 0. The molecule has 0 atom stereocenters. The van der Waals surface area contributed by atoms with Crippen molar-refractivity contribution in [1.82, 2.24) is 4.98 Å². The summed E-state index contributed by atoms with van der Waals surface area (Å²) in [6, 6.07) is 3.29. The molecule has 3 heteroatoms. The summed E-state index contributed by atoms with van der Waals surface area (Å²) in [5.74, 6) is 0. The molecule has 0 radical (unpaired) electrons. The van der Waals surface area contributed by atoms with E-state index in [1.807, 2.05) is 0 Å². The zero-order valence-corrected chi connectivity index (χ0v) is 5.24. The molecular weight excluding hydrogens is 128 g/mol. The van der Waals surface area contributed by atoms with E-state index in [2.05, 4.69) is 4.98 Å². The lowest BCUT2D eigenvalue weighted by Gasteiger charge is -1.92. The lowest BCUT2D eigenvalue weighted by atomic mass is 10.2. The van der Waals surface area contributed by atoms with Crippen LogP contribution in [-0.4, -0.2) is 17.5 Å². The van der Waals surface area contributed by atoms with Crippen LogP contribution in [0.3, 0.4) is 0 Å². The first-order chi connectivity index (χ1) is 4.88. The van der Waals surface area contributed by atoms with E-state index in [1.54, 1.807) is 18.3 Å². The van der Waals surface area contributed by atoms with E-state index in [1.165, 1.54) is 0 Å². The number of nitrogens with zero attached hydrogens (tertiary/aromatic N) is 1. The van der Waals surface area contributed by atoms with Gasteiger partial charge in [0.05, 0.1) is 5.69 Å². The molecule has 1 heterocycles. The summed E-state index contributed by atoms with van der Waals surface area (Å²) < 4.78 is 0. The van der Waals surface area contributed by atoms with Crippen molar-refractivity contribution in [1.29, 1.82) is 5.41 Å². The monoisotopic (exact) mass is 134 g/mol. The number of rotatable bonds is 2. The maximum Gasteiger partial charge on any atom is 0.152 e. The molecule has 0 aliphatic carbocycles. The Bertz CT molecular complexity index is 231. The van der Waals surface area contributed by atoms with Crippen LogP contribution in [-0.2, 0) is 0 Å². The maximum atomic E-state index is 10.2. The van der Waals surface area contributed by atoms with Crippen LogP contribution in [0.1, 0.15) is 16.1 Å². The van der Waals surface area contributed by atoms with Crippen molar-refractivity contribution >= 4 is 12.5 Å². The van der Waals surface area contributed by atoms with Gasteiger partial charge < -0.3 is 5.41 Å². The molecule has 0 saturated carbocycles. The molecule has 0 saturated heterocycles. The fourth-order valence-corrected chi connectivity index (χ4v) is 0.650. The molecule has 1 aromatic heterocycles. The lowest BCUT2D eigenvalue weighted by molar-refractivity contribution is 0.112. The van der Waals surface area contributed by atoms with Crippen LogP contribution in [0.15, 0.2) is 18.3 Å². The normalized spacial score (nSPS) is 8.80. The molecule has 10 heavy (non-hydrogen) atoms. The van der Waals surface area contributed by atoms with Crippen molar-refractivity contribution in [3.05, 3.63) is 29.6 Å². The SMILES string of the molecule is N=Cc1ncccc1C=O. The van der Waals surface area contributed by atoms with Gasteiger partial charge in [-0.05, 0) is 12.1 Å². The number of aldehydes is 1. The van der Waals surface area contributed by atoms with Gasteiger partial charge >= 0.3 is 0 Å². The standard InChI is InChI=1S/C7H6N2O/c8-4-7-6(5-10)2-1-3-9-7/h1-5,8H. The Morgan fingerprint density at radius 1 is 1.60 bits per heavy atom. The number of hydrogen-bond acceptors (Lipinski definition) is 3.